The average molecular weight is 392 g/mol. The zero-order valence-electron chi connectivity index (χ0n) is 14.9. The molecule has 1 aliphatic carbocycles. The molecule has 3 fully saturated rings. The summed E-state index contributed by atoms with van der Waals surface area (Å²) in [5.41, 5.74) is -0.404. The number of amides is 1. The van der Waals surface area contributed by atoms with E-state index in [0.717, 1.165) is 12.8 Å². The minimum atomic E-state index is -3.35. The number of hydrogen-bond acceptors (Lipinski definition) is 7. The van der Waals surface area contributed by atoms with Crippen LogP contribution in [-0.4, -0.2) is 66.1 Å². The number of furan rings is 1. The standard InChI is InChI=1S/C17H20N4O5S/c1-27(23,24)21-7-12(15-18-14(19-26-15)11-4-5-11)17(10-21)8-20(9-17)16(22)13-3-2-6-25-13/h2-3,6,11-12H,4-5,7-10H2,1H3. The van der Waals surface area contributed by atoms with Crippen LogP contribution in [0.5, 0.6) is 0 Å². The van der Waals surface area contributed by atoms with Crippen LogP contribution in [0.4, 0.5) is 0 Å². The van der Waals surface area contributed by atoms with Crippen LogP contribution in [0.2, 0.25) is 0 Å². The van der Waals surface area contributed by atoms with E-state index in [-0.39, 0.29) is 17.6 Å². The lowest BCUT2D eigenvalue weighted by atomic mass is 9.71. The molecule has 0 N–H and O–H groups in total. The van der Waals surface area contributed by atoms with Gasteiger partial charge in [0, 0.05) is 37.5 Å². The van der Waals surface area contributed by atoms with Gasteiger partial charge in [-0.1, -0.05) is 5.16 Å². The van der Waals surface area contributed by atoms with Crippen LogP contribution in [-0.2, 0) is 10.0 Å². The van der Waals surface area contributed by atoms with Gasteiger partial charge in [-0.3, -0.25) is 4.79 Å². The van der Waals surface area contributed by atoms with Gasteiger partial charge < -0.3 is 13.8 Å². The van der Waals surface area contributed by atoms with Crippen LogP contribution < -0.4 is 0 Å². The maximum atomic E-state index is 12.5. The second kappa shape index (κ2) is 5.65. The number of carbonyl (C=O) groups excluding carboxylic acids is 1. The van der Waals surface area contributed by atoms with Crippen molar-refractivity contribution in [1.29, 1.82) is 0 Å². The third kappa shape index (κ3) is 2.78. The molecular weight excluding hydrogens is 372 g/mol. The quantitative estimate of drug-likeness (QED) is 0.764. The summed E-state index contributed by atoms with van der Waals surface area (Å²) in [6, 6.07) is 3.30. The van der Waals surface area contributed by atoms with E-state index in [4.69, 9.17) is 8.94 Å². The van der Waals surface area contributed by atoms with Crippen molar-refractivity contribution < 1.29 is 22.2 Å². The molecule has 9 nitrogen and oxygen atoms in total. The number of nitrogens with zero attached hydrogens (tertiary/aromatic N) is 4. The summed E-state index contributed by atoms with van der Waals surface area (Å²) < 4.78 is 36.4. The first-order valence-electron chi connectivity index (χ1n) is 8.97. The van der Waals surface area contributed by atoms with Crippen LogP contribution in [0, 0.1) is 5.41 Å². The number of sulfonamides is 1. The Hall–Kier alpha value is -2.20. The van der Waals surface area contributed by atoms with Gasteiger partial charge in [-0.25, -0.2) is 12.7 Å². The highest BCUT2D eigenvalue weighted by Crippen LogP contribution is 2.50. The fourth-order valence-corrected chi connectivity index (χ4v) is 5.06. The van der Waals surface area contributed by atoms with Gasteiger partial charge in [-0.2, -0.15) is 4.98 Å². The maximum absolute atomic E-state index is 12.5. The molecule has 1 unspecified atom stereocenters. The Kier molecular flexibility index (Phi) is 3.54. The highest BCUT2D eigenvalue weighted by atomic mass is 32.2. The minimum Gasteiger partial charge on any atom is -0.459 e. The van der Waals surface area contributed by atoms with Gasteiger partial charge in [-0.05, 0) is 25.0 Å². The number of likely N-dealkylation sites (tertiary alicyclic amines) is 1. The minimum absolute atomic E-state index is 0.189. The Morgan fingerprint density at radius 1 is 1.30 bits per heavy atom. The zero-order chi connectivity index (χ0) is 18.8. The van der Waals surface area contributed by atoms with Crippen LogP contribution in [0.15, 0.2) is 27.3 Å². The molecule has 0 radical (unpaired) electrons. The molecule has 0 aromatic carbocycles. The largest absolute Gasteiger partial charge is 0.459 e. The molecule has 4 heterocycles. The first kappa shape index (κ1) is 16.9. The molecular formula is C17H20N4O5S. The molecule has 1 saturated carbocycles. The van der Waals surface area contributed by atoms with Crippen LogP contribution >= 0.6 is 0 Å². The van der Waals surface area contributed by atoms with Gasteiger partial charge in [0.05, 0.1) is 18.4 Å². The Labute approximate surface area is 156 Å². The summed E-state index contributed by atoms with van der Waals surface area (Å²) in [5, 5.41) is 4.08. The van der Waals surface area contributed by atoms with E-state index in [9.17, 15) is 13.2 Å². The summed E-state index contributed by atoms with van der Waals surface area (Å²) in [6.07, 6.45) is 4.80. The molecule has 144 valence electrons. The zero-order valence-corrected chi connectivity index (χ0v) is 15.7. The normalized spacial score (nSPS) is 25.1. The maximum Gasteiger partial charge on any atom is 0.289 e. The fraction of sp³-hybridized carbons (Fsp3) is 0.588. The second-order valence-corrected chi connectivity index (χ2v) is 9.86. The van der Waals surface area contributed by atoms with E-state index < -0.39 is 15.4 Å². The fourth-order valence-electron chi connectivity index (χ4n) is 4.15. The smallest absolute Gasteiger partial charge is 0.289 e. The van der Waals surface area contributed by atoms with Crippen molar-refractivity contribution in [3.8, 4) is 0 Å². The van der Waals surface area contributed by atoms with Crippen molar-refractivity contribution in [3.05, 3.63) is 35.9 Å². The molecule has 2 aliphatic heterocycles. The lowest BCUT2D eigenvalue weighted by Gasteiger charge is -2.49. The van der Waals surface area contributed by atoms with Gasteiger partial charge >= 0.3 is 0 Å². The van der Waals surface area contributed by atoms with Crippen molar-refractivity contribution in [2.75, 3.05) is 32.4 Å². The van der Waals surface area contributed by atoms with Crippen molar-refractivity contribution in [2.24, 2.45) is 5.41 Å². The summed E-state index contributed by atoms with van der Waals surface area (Å²) in [4.78, 5) is 18.7. The second-order valence-electron chi connectivity index (χ2n) is 7.87. The Morgan fingerprint density at radius 3 is 2.70 bits per heavy atom. The van der Waals surface area contributed by atoms with Gasteiger partial charge in [0.15, 0.2) is 11.6 Å². The van der Waals surface area contributed by atoms with Gasteiger partial charge in [0.2, 0.25) is 15.9 Å². The molecule has 27 heavy (non-hydrogen) atoms. The predicted molar refractivity (Wildman–Crippen MR) is 92.5 cm³/mol. The summed E-state index contributed by atoms with van der Waals surface area (Å²) in [7, 11) is -3.35. The third-order valence-corrected chi connectivity index (χ3v) is 7.03. The van der Waals surface area contributed by atoms with Crippen molar-refractivity contribution >= 4 is 15.9 Å². The molecule has 10 heteroatoms. The molecule has 3 aliphatic rings. The molecule has 1 spiro atoms. The van der Waals surface area contributed by atoms with E-state index in [0.29, 0.717) is 43.8 Å². The summed E-state index contributed by atoms with van der Waals surface area (Å²) >= 11 is 0. The summed E-state index contributed by atoms with van der Waals surface area (Å²) in [5.74, 6) is 1.44. The predicted octanol–water partition coefficient (Wildman–Crippen LogP) is 1.04. The van der Waals surface area contributed by atoms with Gasteiger partial charge in [0.1, 0.15) is 0 Å². The van der Waals surface area contributed by atoms with E-state index >= 15 is 0 Å². The molecule has 0 bridgehead atoms. The third-order valence-electron chi connectivity index (χ3n) is 5.81. The van der Waals surface area contributed by atoms with E-state index in [1.165, 1.54) is 16.8 Å². The first-order chi connectivity index (χ1) is 12.9. The highest BCUT2D eigenvalue weighted by molar-refractivity contribution is 7.88. The van der Waals surface area contributed by atoms with E-state index in [1.807, 2.05) is 0 Å². The number of hydrogen-bond donors (Lipinski definition) is 0. The monoisotopic (exact) mass is 392 g/mol. The Bertz CT molecular complexity index is 973. The highest BCUT2D eigenvalue weighted by Gasteiger charge is 2.59. The molecule has 2 aromatic heterocycles. The molecule has 1 amide bonds. The van der Waals surface area contributed by atoms with Crippen LogP contribution in [0.1, 0.15) is 46.9 Å². The molecule has 5 rings (SSSR count). The SMILES string of the molecule is CS(=O)(=O)N1CC(c2nc(C3CC3)no2)C2(CN(C(=O)c3ccco3)C2)C1. The van der Waals surface area contributed by atoms with Gasteiger partial charge in [0.25, 0.3) is 5.91 Å². The molecule has 1 atom stereocenters. The number of rotatable bonds is 4. The van der Waals surface area contributed by atoms with E-state index in [2.05, 4.69) is 10.1 Å². The lowest BCUT2D eigenvalue weighted by molar-refractivity contribution is -0.000835. The van der Waals surface area contributed by atoms with Crippen molar-refractivity contribution in [3.63, 3.8) is 0 Å². The average Bonchev–Trinajstić information content (AvgIpc) is 3.06. The first-order valence-corrected chi connectivity index (χ1v) is 10.8. The van der Waals surface area contributed by atoms with E-state index in [1.54, 1.807) is 17.0 Å². The van der Waals surface area contributed by atoms with Gasteiger partial charge in [-0.15, -0.1) is 0 Å². The molecule has 2 aromatic rings. The Balaban J connectivity index is 1.41. The van der Waals surface area contributed by atoms with Crippen LogP contribution in [0.25, 0.3) is 0 Å². The van der Waals surface area contributed by atoms with Crippen molar-refractivity contribution in [1.82, 2.24) is 19.3 Å². The van der Waals surface area contributed by atoms with Crippen molar-refractivity contribution in [2.45, 2.75) is 24.7 Å². The van der Waals surface area contributed by atoms with Crippen LogP contribution in [0.3, 0.4) is 0 Å². The summed E-state index contributed by atoms with van der Waals surface area (Å²) in [6.45, 7) is 1.52. The lowest BCUT2D eigenvalue weighted by Crippen LogP contribution is -2.61. The number of carbonyl (C=O) groups is 1. The molecule has 2 saturated heterocycles. The topological polar surface area (TPSA) is 110 Å². The Morgan fingerprint density at radius 2 is 2.07 bits per heavy atom. The number of aromatic nitrogens is 2.